The number of nitrogens with zero attached hydrogens (tertiary/aromatic N) is 3. The molecule has 1 unspecified atom stereocenters. The lowest BCUT2D eigenvalue weighted by Gasteiger charge is -2.30. The summed E-state index contributed by atoms with van der Waals surface area (Å²) < 4.78 is 0. The zero-order valence-electron chi connectivity index (χ0n) is 14.6. The molecule has 130 valence electrons. The lowest BCUT2D eigenvalue weighted by atomic mass is 9.99. The number of hydrogen-bond donors (Lipinski definition) is 1. The average Bonchev–Trinajstić information content (AvgIpc) is 2.61. The van der Waals surface area contributed by atoms with E-state index in [0.29, 0.717) is 10.9 Å². The lowest BCUT2D eigenvalue weighted by molar-refractivity contribution is 0.176. The van der Waals surface area contributed by atoms with Crippen molar-refractivity contribution in [3.63, 3.8) is 0 Å². The van der Waals surface area contributed by atoms with Crippen LogP contribution in [0.25, 0.3) is 11.3 Å². The van der Waals surface area contributed by atoms with Crippen LogP contribution < -0.4 is 5.56 Å². The molecule has 0 radical (unpaired) electrons. The molecule has 0 saturated carbocycles. The predicted molar refractivity (Wildman–Crippen MR) is 100 cm³/mol. The van der Waals surface area contributed by atoms with Gasteiger partial charge in [-0.3, -0.25) is 9.69 Å². The first-order valence-corrected chi connectivity index (χ1v) is 9.73. The van der Waals surface area contributed by atoms with E-state index in [1.807, 2.05) is 30.5 Å². The highest BCUT2D eigenvalue weighted by molar-refractivity contribution is 7.98. The van der Waals surface area contributed by atoms with E-state index in [1.54, 1.807) is 0 Å². The summed E-state index contributed by atoms with van der Waals surface area (Å²) in [5.74, 6) is 0.737. The Bertz CT molecular complexity index is 855. The van der Waals surface area contributed by atoms with Gasteiger partial charge in [0.1, 0.15) is 11.6 Å². The topological polar surface area (TPSA) is 72.8 Å². The van der Waals surface area contributed by atoms with E-state index >= 15 is 0 Å². The molecule has 1 aromatic heterocycles. The lowest BCUT2D eigenvalue weighted by Crippen LogP contribution is -2.33. The van der Waals surface area contributed by atoms with Crippen molar-refractivity contribution in [1.29, 1.82) is 5.26 Å². The molecular formula is C19H22N4OS. The first kappa shape index (κ1) is 17.7. The second kappa shape index (κ2) is 7.85. The number of aromatic nitrogens is 2. The van der Waals surface area contributed by atoms with Gasteiger partial charge in [-0.05, 0) is 43.2 Å². The summed E-state index contributed by atoms with van der Waals surface area (Å²) in [6.45, 7) is 5.43. The number of aromatic amines is 1. The SMILES string of the molecule is CSc1nc(-c2cccc(CN3CCCC(C)C3)c2)c(C#N)c(=O)[nH]1. The number of nitrogens with one attached hydrogen (secondary N) is 1. The smallest absolute Gasteiger partial charge is 0.270 e. The van der Waals surface area contributed by atoms with Crippen LogP contribution in [0.1, 0.15) is 30.9 Å². The Kier molecular flexibility index (Phi) is 5.57. The summed E-state index contributed by atoms with van der Waals surface area (Å²) in [7, 11) is 0. The third kappa shape index (κ3) is 4.12. The van der Waals surface area contributed by atoms with Crippen LogP contribution in [0.2, 0.25) is 0 Å². The molecule has 0 amide bonds. The summed E-state index contributed by atoms with van der Waals surface area (Å²) in [5, 5.41) is 9.88. The number of nitriles is 1. The molecule has 3 rings (SSSR count). The minimum Gasteiger partial charge on any atom is -0.300 e. The van der Waals surface area contributed by atoms with Crippen LogP contribution in [-0.2, 0) is 6.54 Å². The number of hydrogen-bond acceptors (Lipinski definition) is 5. The Morgan fingerprint density at radius 3 is 3.04 bits per heavy atom. The van der Waals surface area contributed by atoms with E-state index in [9.17, 15) is 10.1 Å². The summed E-state index contributed by atoms with van der Waals surface area (Å²) in [4.78, 5) is 21.7. The number of benzene rings is 1. The third-order valence-electron chi connectivity index (χ3n) is 4.55. The van der Waals surface area contributed by atoms with Crippen molar-refractivity contribution in [1.82, 2.24) is 14.9 Å². The summed E-state index contributed by atoms with van der Waals surface area (Å²) in [5.41, 5.74) is 2.15. The maximum Gasteiger partial charge on any atom is 0.270 e. The van der Waals surface area contributed by atoms with Crippen molar-refractivity contribution in [3.8, 4) is 17.3 Å². The molecule has 0 bridgehead atoms. The van der Waals surface area contributed by atoms with E-state index in [4.69, 9.17) is 0 Å². The average molecular weight is 354 g/mol. The zero-order valence-corrected chi connectivity index (χ0v) is 15.4. The molecule has 1 aliphatic rings. The molecule has 1 aliphatic heterocycles. The van der Waals surface area contributed by atoms with Crippen LogP contribution >= 0.6 is 11.8 Å². The third-order valence-corrected chi connectivity index (χ3v) is 5.13. The molecule has 1 atom stereocenters. The fourth-order valence-corrected chi connectivity index (χ4v) is 3.74. The van der Waals surface area contributed by atoms with Gasteiger partial charge in [-0.2, -0.15) is 5.26 Å². The normalized spacial score (nSPS) is 18.0. The molecule has 2 aromatic rings. The van der Waals surface area contributed by atoms with E-state index in [0.717, 1.165) is 31.1 Å². The van der Waals surface area contributed by atoms with Crippen LogP contribution in [0.15, 0.2) is 34.2 Å². The van der Waals surface area contributed by atoms with E-state index in [2.05, 4.69) is 27.9 Å². The molecule has 25 heavy (non-hydrogen) atoms. The van der Waals surface area contributed by atoms with Gasteiger partial charge in [-0.25, -0.2) is 4.98 Å². The largest absolute Gasteiger partial charge is 0.300 e. The fourth-order valence-electron chi connectivity index (χ4n) is 3.37. The standard InChI is InChI=1S/C19H22N4OS/c1-13-5-4-8-23(11-13)12-14-6-3-7-15(9-14)17-16(10-20)18(24)22-19(21-17)25-2/h3,6-7,9,13H,4-5,8,11-12H2,1-2H3,(H,21,22,24). The molecule has 2 heterocycles. The first-order valence-electron chi connectivity index (χ1n) is 8.50. The second-order valence-corrected chi connectivity index (χ2v) is 7.39. The van der Waals surface area contributed by atoms with Gasteiger partial charge >= 0.3 is 0 Å². The first-order chi connectivity index (χ1) is 12.1. The van der Waals surface area contributed by atoms with Gasteiger partial charge in [-0.15, -0.1) is 0 Å². The van der Waals surface area contributed by atoms with Gasteiger partial charge in [0.15, 0.2) is 5.16 Å². The summed E-state index contributed by atoms with van der Waals surface area (Å²) in [6.07, 6.45) is 4.39. The molecule has 0 spiro atoms. The van der Waals surface area contributed by atoms with Gasteiger partial charge in [-0.1, -0.05) is 36.9 Å². The van der Waals surface area contributed by atoms with Gasteiger partial charge in [0.05, 0.1) is 5.69 Å². The van der Waals surface area contributed by atoms with Gasteiger partial charge in [0.2, 0.25) is 0 Å². The van der Waals surface area contributed by atoms with Crippen LogP contribution in [0.5, 0.6) is 0 Å². The van der Waals surface area contributed by atoms with Gasteiger partial charge < -0.3 is 4.98 Å². The van der Waals surface area contributed by atoms with Crippen molar-refractivity contribution in [2.24, 2.45) is 5.92 Å². The quantitative estimate of drug-likeness (QED) is 0.674. The maximum absolute atomic E-state index is 12.1. The Morgan fingerprint density at radius 1 is 1.48 bits per heavy atom. The summed E-state index contributed by atoms with van der Waals surface area (Å²) in [6, 6.07) is 10.0. The Balaban J connectivity index is 1.93. The number of rotatable bonds is 4. The minimum absolute atomic E-state index is 0.0709. The second-order valence-electron chi connectivity index (χ2n) is 6.59. The number of piperidine rings is 1. The highest BCUT2D eigenvalue weighted by Gasteiger charge is 2.17. The highest BCUT2D eigenvalue weighted by atomic mass is 32.2. The monoisotopic (exact) mass is 354 g/mol. The van der Waals surface area contributed by atoms with Crippen molar-refractivity contribution in [2.45, 2.75) is 31.5 Å². The van der Waals surface area contributed by atoms with Gasteiger partial charge in [0.25, 0.3) is 5.56 Å². The van der Waals surface area contributed by atoms with Crippen molar-refractivity contribution in [3.05, 3.63) is 45.7 Å². The van der Waals surface area contributed by atoms with Crippen LogP contribution in [0, 0.1) is 17.2 Å². The molecule has 1 saturated heterocycles. The molecule has 1 N–H and O–H groups in total. The molecule has 5 nitrogen and oxygen atoms in total. The predicted octanol–water partition coefficient (Wildman–Crippen LogP) is 3.26. The number of thioether (sulfide) groups is 1. The molecule has 1 fully saturated rings. The Labute approximate surface area is 152 Å². The molecular weight excluding hydrogens is 332 g/mol. The van der Waals surface area contributed by atoms with E-state index < -0.39 is 0 Å². The van der Waals surface area contributed by atoms with Crippen LogP contribution in [-0.4, -0.2) is 34.2 Å². The molecule has 0 aliphatic carbocycles. The van der Waals surface area contributed by atoms with Crippen LogP contribution in [0.3, 0.4) is 0 Å². The maximum atomic E-state index is 12.1. The Morgan fingerprint density at radius 2 is 2.32 bits per heavy atom. The highest BCUT2D eigenvalue weighted by Crippen LogP contribution is 2.24. The fraction of sp³-hybridized carbons (Fsp3) is 0.421. The van der Waals surface area contributed by atoms with Gasteiger partial charge in [0, 0.05) is 18.7 Å². The van der Waals surface area contributed by atoms with Crippen molar-refractivity contribution in [2.75, 3.05) is 19.3 Å². The number of H-pyrrole nitrogens is 1. The van der Waals surface area contributed by atoms with E-state index in [-0.39, 0.29) is 11.1 Å². The zero-order chi connectivity index (χ0) is 17.8. The van der Waals surface area contributed by atoms with Crippen LogP contribution in [0.4, 0.5) is 0 Å². The number of likely N-dealkylation sites (tertiary alicyclic amines) is 1. The molecule has 6 heteroatoms. The van der Waals surface area contributed by atoms with E-state index in [1.165, 1.54) is 30.2 Å². The molecule has 1 aromatic carbocycles. The minimum atomic E-state index is -0.382. The van der Waals surface area contributed by atoms with Crippen molar-refractivity contribution >= 4 is 11.8 Å². The Hall–Kier alpha value is -2.10. The summed E-state index contributed by atoms with van der Waals surface area (Å²) >= 11 is 1.36. The van der Waals surface area contributed by atoms with Crippen molar-refractivity contribution < 1.29 is 0 Å².